The molecule has 1 aromatic rings. The minimum atomic E-state index is -4.41. The zero-order valence-electron chi connectivity index (χ0n) is 10.8. The van der Waals surface area contributed by atoms with Crippen molar-refractivity contribution in [1.29, 1.82) is 0 Å². The fourth-order valence-corrected chi connectivity index (χ4v) is 2.48. The molecule has 0 spiro atoms. The van der Waals surface area contributed by atoms with Crippen LogP contribution in [-0.2, 0) is 14.8 Å². The predicted molar refractivity (Wildman–Crippen MR) is 67.1 cm³/mol. The average molecular weight is 309 g/mol. The van der Waals surface area contributed by atoms with Crippen LogP contribution in [0, 0.1) is 17.5 Å². The quantitative estimate of drug-likeness (QED) is 0.619. The molecule has 1 rings (SSSR count). The Morgan fingerprint density at radius 1 is 1.30 bits per heavy atom. The monoisotopic (exact) mass is 309 g/mol. The lowest BCUT2D eigenvalue weighted by molar-refractivity contribution is 0.162. The summed E-state index contributed by atoms with van der Waals surface area (Å²) < 4.78 is 69.8. The highest BCUT2D eigenvalue weighted by molar-refractivity contribution is 7.89. The van der Waals surface area contributed by atoms with Gasteiger partial charge in [0.1, 0.15) is 17.5 Å². The van der Waals surface area contributed by atoms with Crippen molar-refractivity contribution in [2.24, 2.45) is 0 Å². The molecule has 8 heteroatoms. The molecule has 0 fully saturated rings. The van der Waals surface area contributed by atoms with E-state index in [2.05, 4.69) is 6.58 Å². The molecule has 1 aromatic carbocycles. The molecule has 0 unspecified atom stereocenters. The van der Waals surface area contributed by atoms with Gasteiger partial charge in [-0.2, -0.15) is 0 Å². The topological polar surface area (TPSA) is 55.4 Å². The van der Waals surface area contributed by atoms with Gasteiger partial charge in [-0.25, -0.2) is 26.3 Å². The summed E-state index contributed by atoms with van der Waals surface area (Å²) >= 11 is 0. The second-order valence-corrected chi connectivity index (χ2v) is 5.81. The largest absolute Gasteiger partial charge is 0.376 e. The van der Waals surface area contributed by atoms with Crippen molar-refractivity contribution in [2.75, 3.05) is 19.8 Å². The fourth-order valence-electron chi connectivity index (χ4n) is 1.35. The van der Waals surface area contributed by atoms with Crippen LogP contribution < -0.4 is 4.72 Å². The third-order valence-corrected chi connectivity index (χ3v) is 3.63. The molecule has 0 aliphatic carbocycles. The van der Waals surface area contributed by atoms with E-state index in [9.17, 15) is 21.6 Å². The number of benzene rings is 1. The average Bonchev–Trinajstić information content (AvgIpc) is 2.25. The Morgan fingerprint density at radius 3 is 2.35 bits per heavy atom. The van der Waals surface area contributed by atoms with Crippen molar-refractivity contribution in [3.8, 4) is 0 Å². The molecular formula is C12H14F3NO3S. The van der Waals surface area contributed by atoms with E-state index in [1.54, 1.807) is 6.92 Å². The second-order valence-electron chi connectivity index (χ2n) is 4.11. The number of halogens is 3. The SMILES string of the molecule is C=C(C)COCCNS(=O)(=O)c1c(F)cc(F)cc1F. The van der Waals surface area contributed by atoms with Gasteiger partial charge in [0.15, 0.2) is 4.90 Å². The summed E-state index contributed by atoms with van der Waals surface area (Å²) in [5, 5.41) is 0. The summed E-state index contributed by atoms with van der Waals surface area (Å²) in [6, 6.07) is 0.602. The van der Waals surface area contributed by atoms with Crippen molar-refractivity contribution in [3.63, 3.8) is 0 Å². The van der Waals surface area contributed by atoms with Gasteiger partial charge in [-0.3, -0.25) is 0 Å². The van der Waals surface area contributed by atoms with Crippen LogP contribution in [0.15, 0.2) is 29.2 Å². The normalized spacial score (nSPS) is 11.6. The maximum Gasteiger partial charge on any atom is 0.246 e. The molecule has 0 atom stereocenters. The van der Waals surface area contributed by atoms with E-state index in [0.29, 0.717) is 12.1 Å². The van der Waals surface area contributed by atoms with Crippen LogP contribution in [-0.4, -0.2) is 28.2 Å². The number of hydrogen-bond donors (Lipinski definition) is 1. The third kappa shape index (κ3) is 4.62. The van der Waals surface area contributed by atoms with E-state index in [1.165, 1.54) is 0 Å². The van der Waals surface area contributed by atoms with Gasteiger partial charge in [0.2, 0.25) is 10.0 Å². The Balaban J connectivity index is 2.73. The van der Waals surface area contributed by atoms with Gasteiger partial charge in [-0.05, 0) is 6.92 Å². The lowest BCUT2D eigenvalue weighted by atomic mass is 10.3. The summed E-state index contributed by atoms with van der Waals surface area (Å²) in [5.74, 6) is -4.17. The molecule has 4 nitrogen and oxygen atoms in total. The maximum atomic E-state index is 13.3. The van der Waals surface area contributed by atoms with Crippen molar-refractivity contribution in [1.82, 2.24) is 4.72 Å². The van der Waals surface area contributed by atoms with Crippen molar-refractivity contribution in [2.45, 2.75) is 11.8 Å². The van der Waals surface area contributed by atoms with Crippen molar-refractivity contribution < 1.29 is 26.3 Å². The predicted octanol–water partition coefficient (Wildman–Crippen LogP) is 1.97. The Hall–Kier alpha value is -1.38. The molecule has 0 bridgehead atoms. The first-order chi connectivity index (χ1) is 9.24. The van der Waals surface area contributed by atoms with E-state index in [4.69, 9.17) is 4.74 Å². The van der Waals surface area contributed by atoms with Gasteiger partial charge in [0, 0.05) is 18.7 Å². The smallest absolute Gasteiger partial charge is 0.246 e. The Kier molecular flexibility index (Phi) is 5.73. The Bertz CT molecular complexity index is 579. The molecule has 0 saturated carbocycles. The summed E-state index contributed by atoms with van der Waals surface area (Å²) in [7, 11) is -4.41. The van der Waals surface area contributed by atoms with Gasteiger partial charge in [-0.15, -0.1) is 0 Å². The zero-order valence-corrected chi connectivity index (χ0v) is 11.6. The van der Waals surface area contributed by atoms with Gasteiger partial charge in [0.05, 0.1) is 13.2 Å². The molecule has 1 N–H and O–H groups in total. The zero-order chi connectivity index (χ0) is 15.3. The van der Waals surface area contributed by atoms with Gasteiger partial charge in [-0.1, -0.05) is 12.2 Å². The molecule has 0 heterocycles. The Labute approximate surface area is 115 Å². The second kappa shape index (κ2) is 6.87. The molecule has 0 radical (unpaired) electrons. The van der Waals surface area contributed by atoms with Crippen molar-refractivity contribution >= 4 is 10.0 Å². The first-order valence-electron chi connectivity index (χ1n) is 5.60. The number of sulfonamides is 1. The standard InChI is InChI=1S/C12H14F3NO3S/c1-8(2)7-19-4-3-16-20(17,18)12-10(14)5-9(13)6-11(12)15/h5-6,16H,1,3-4,7H2,2H3. The summed E-state index contributed by atoms with van der Waals surface area (Å²) in [5.41, 5.74) is 0.753. The van der Waals surface area contributed by atoms with Gasteiger partial charge < -0.3 is 4.74 Å². The highest BCUT2D eigenvalue weighted by Gasteiger charge is 2.24. The highest BCUT2D eigenvalue weighted by atomic mass is 32.2. The molecule has 0 saturated heterocycles. The lowest BCUT2D eigenvalue weighted by Gasteiger charge is -2.09. The number of hydrogen-bond acceptors (Lipinski definition) is 3. The summed E-state index contributed by atoms with van der Waals surface area (Å²) in [4.78, 5) is -1.21. The molecule has 0 amide bonds. The molecular weight excluding hydrogens is 295 g/mol. The number of ether oxygens (including phenoxy) is 1. The maximum absolute atomic E-state index is 13.3. The Morgan fingerprint density at radius 2 is 1.85 bits per heavy atom. The summed E-state index contributed by atoms with van der Waals surface area (Å²) in [6.45, 7) is 5.40. The summed E-state index contributed by atoms with van der Waals surface area (Å²) in [6.07, 6.45) is 0. The van der Waals surface area contributed by atoms with Crippen LogP contribution in [0.5, 0.6) is 0 Å². The van der Waals surface area contributed by atoms with E-state index in [1.807, 2.05) is 4.72 Å². The van der Waals surface area contributed by atoms with E-state index < -0.39 is 32.4 Å². The number of nitrogens with one attached hydrogen (secondary N) is 1. The van der Waals surface area contributed by atoms with Crippen LogP contribution in [0.4, 0.5) is 13.2 Å². The first-order valence-corrected chi connectivity index (χ1v) is 7.08. The molecule has 0 aliphatic rings. The van der Waals surface area contributed by atoms with Crippen LogP contribution >= 0.6 is 0 Å². The van der Waals surface area contributed by atoms with Crippen LogP contribution in [0.2, 0.25) is 0 Å². The van der Waals surface area contributed by atoms with Crippen molar-refractivity contribution in [3.05, 3.63) is 41.7 Å². The molecule has 20 heavy (non-hydrogen) atoms. The van der Waals surface area contributed by atoms with Crippen LogP contribution in [0.25, 0.3) is 0 Å². The fraction of sp³-hybridized carbons (Fsp3) is 0.333. The first kappa shape index (κ1) is 16.7. The number of rotatable bonds is 7. The minimum absolute atomic E-state index is 0.0104. The van der Waals surface area contributed by atoms with Gasteiger partial charge in [0.25, 0.3) is 0 Å². The molecule has 0 aromatic heterocycles. The highest BCUT2D eigenvalue weighted by Crippen LogP contribution is 2.19. The van der Waals surface area contributed by atoms with E-state index in [-0.39, 0.29) is 19.8 Å². The van der Waals surface area contributed by atoms with Crippen LogP contribution in [0.3, 0.4) is 0 Å². The third-order valence-electron chi connectivity index (χ3n) is 2.12. The molecule has 112 valence electrons. The van der Waals surface area contributed by atoms with Gasteiger partial charge >= 0.3 is 0 Å². The minimum Gasteiger partial charge on any atom is -0.376 e. The lowest BCUT2D eigenvalue weighted by Crippen LogP contribution is -2.29. The van der Waals surface area contributed by atoms with E-state index in [0.717, 1.165) is 5.57 Å². The molecule has 0 aliphatic heterocycles. The van der Waals surface area contributed by atoms with Crippen LogP contribution in [0.1, 0.15) is 6.92 Å². The van der Waals surface area contributed by atoms with E-state index >= 15 is 0 Å².